The van der Waals surface area contributed by atoms with Gasteiger partial charge in [-0.3, -0.25) is 14.4 Å². The van der Waals surface area contributed by atoms with E-state index in [0.717, 1.165) is 96.3 Å². The molecule has 0 aromatic rings. The molecular weight excluding hydrogens is 733 g/mol. The zero-order valence-electron chi connectivity index (χ0n) is 39.3. The first-order chi connectivity index (χ1) is 29.0. The average molecular weight is 829 g/mol. The first-order valence-electron chi connectivity index (χ1n) is 25.5. The molecule has 0 aliphatic heterocycles. The number of rotatable bonds is 46. The molecule has 6 heteroatoms. The van der Waals surface area contributed by atoms with Gasteiger partial charge in [0.05, 0.1) is 0 Å². The number of allylic oxidation sites excluding steroid dienone is 6. The fraction of sp³-hybridized carbons (Fsp3) is 0.830. The third-order valence-electron chi connectivity index (χ3n) is 11.2. The summed E-state index contributed by atoms with van der Waals surface area (Å²) in [7, 11) is 0. The maximum Gasteiger partial charge on any atom is 0.306 e. The first-order valence-corrected chi connectivity index (χ1v) is 25.5. The van der Waals surface area contributed by atoms with Gasteiger partial charge < -0.3 is 14.2 Å². The third-order valence-corrected chi connectivity index (χ3v) is 11.2. The maximum absolute atomic E-state index is 12.7. The van der Waals surface area contributed by atoms with Gasteiger partial charge in [-0.2, -0.15) is 0 Å². The van der Waals surface area contributed by atoms with Crippen LogP contribution in [0.5, 0.6) is 0 Å². The second-order valence-electron chi connectivity index (χ2n) is 17.1. The van der Waals surface area contributed by atoms with Crippen molar-refractivity contribution in [2.24, 2.45) is 0 Å². The van der Waals surface area contributed by atoms with E-state index in [1.54, 1.807) is 0 Å². The Balaban J connectivity index is 4.22. The molecule has 0 amide bonds. The standard InChI is InChI=1S/C53H96O6/c1-4-7-10-13-16-18-20-22-24-25-26-27-29-30-32-34-37-40-43-46-52(55)58-49-50(48-57-51(54)45-42-39-36-15-12-9-6-3)59-53(56)47-44-41-38-35-33-31-28-23-21-19-17-14-11-8-5-2/h8,11,17,19,23,28,50H,4-7,9-10,12-16,18,20-22,24-27,29-49H2,1-3H3/b11-8-,19-17-,28-23-. The number of ether oxygens (including phenoxy) is 3. The summed E-state index contributed by atoms with van der Waals surface area (Å²) in [6, 6.07) is 0. The smallest absolute Gasteiger partial charge is 0.306 e. The van der Waals surface area contributed by atoms with Gasteiger partial charge in [-0.1, -0.05) is 231 Å². The fourth-order valence-electron chi connectivity index (χ4n) is 7.34. The molecule has 0 aromatic heterocycles. The van der Waals surface area contributed by atoms with Crippen LogP contribution in [0.4, 0.5) is 0 Å². The molecule has 0 spiro atoms. The molecule has 0 aliphatic carbocycles. The molecule has 0 aromatic carbocycles. The largest absolute Gasteiger partial charge is 0.462 e. The average Bonchev–Trinajstić information content (AvgIpc) is 3.23. The fourth-order valence-corrected chi connectivity index (χ4v) is 7.34. The lowest BCUT2D eigenvalue weighted by atomic mass is 10.0. The van der Waals surface area contributed by atoms with Crippen molar-refractivity contribution >= 4 is 17.9 Å². The highest BCUT2D eigenvalue weighted by Gasteiger charge is 2.19. The Morgan fingerprint density at radius 2 is 0.661 bits per heavy atom. The van der Waals surface area contributed by atoms with Crippen molar-refractivity contribution in [2.45, 2.75) is 271 Å². The van der Waals surface area contributed by atoms with E-state index in [2.05, 4.69) is 57.2 Å². The van der Waals surface area contributed by atoms with E-state index in [-0.39, 0.29) is 31.1 Å². The van der Waals surface area contributed by atoms with Crippen LogP contribution < -0.4 is 0 Å². The highest BCUT2D eigenvalue weighted by Crippen LogP contribution is 2.16. The van der Waals surface area contributed by atoms with Crippen LogP contribution in [0.1, 0.15) is 265 Å². The van der Waals surface area contributed by atoms with Gasteiger partial charge in [-0.25, -0.2) is 0 Å². The summed E-state index contributed by atoms with van der Waals surface area (Å²) in [4.78, 5) is 37.8. The van der Waals surface area contributed by atoms with Crippen molar-refractivity contribution in [3.63, 3.8) is 0 Å². The number of unbranched alkanes of at least 4 members (excludes halogenated alkanes) is 29. The number of hydrogen-bond acceptors (Lipinski definition) is 6. The van der Waals surface area contributed by atoms with E-state index < -0.39 is 6.10 Å². The quantitative estimate of drug-likeness (QED) is 0.0263. The molecule has 6 nitrogen and oxygen atoms in total. The van der Waals surface area contributed by atoms with Crippen LogP contribution in [-0.4, -0.2) is 37.2 Å². The second kappa shape index (κ2) is 48.3. The van der Waals surface area contributed by atoms with Gasteiger partial charge in [0.15, 0.2) is 6.10 Å². The van der Waals surface area contributed by atoms with E-state index in [1.165, 1.54) is 128 Å². The van der Waals surface area contributed by atoms with Crippen molar-refractivity contribution in [1.29, 1.82) is 0 Å². The lowest BCUT2D eigenvalue weighted by molar-refractivity contribution is -0.167. The summed E-state index contributed by atoms with van der Waals surface area (Å²) in [5, 5.41) is 0. The van der Waals surface area contributed by atoms with Crippen LogP contribution in [0.15, 0.2) is 36.5 Å². The topological polar surface area (TPSA) is 78.9 Å². The summed E-state index contributed by atoms with van der Waals surface area (Å²) in [6.07, 6.45) is 55.8. The highest BCUT2D eigenvalue weighted by molar-refractivity contribution is 5.71. The summed E-state index contributed by atoms with van der Waals surface area (Å²) in [5.74, 6) is -0.890. The molecular formula is C53H96O6. The van der Waals surface area contributed by atoms with Crippen molar-refractivity contribution in [3.05, 3.63) is 36.5 Å². The van der Waals surface area contributed by atoms with Crippen LogP contribution in [0, 0.1) is 0 Å². The summed E-state index contributed by atoms with van der Waals surface area (Å²) in [6.45, 7) is 6.49. The van der Waals surface area contributed by atoms with Crippen LogP contribution in [0.2, 0.25) is 0 Å². The molecule has 1 unspecified atom stereocenters. The molecule has 0 heterocycles. The molecule has 59 heavy (non-hydrogen) atoms. The minimum atomic E-state index is -0.774. The molecule has 0 radical (unpaired) electrons. The Morgan fingerprint density at radius 3 is 1.03 bits per heavy atom. The molecule has 0 saturated heterocycles. The molecule has 0 N–H and O–H groups in total. The molecule has 0 fully saturated rings. The minimum Gasteiger partial charge on any atom is -0.462 e. The Kier molecular flexibility index (Phi) is 46.4. The normalized spacial score (nSPS) is 12.3. The lowest BCUT2D eigenvalue weighted by Gasteiger charge is -2.18. The summed E-state index contributed by atoms with van der Waals surface area (Å²) < 4.78 is 16.7. The van der Waals surface area contributed by atoms with Crippen LogP contribution in [-0.2, 0) is 28.6 Å². The van der Waals surface area contributed by atoms with Crippen molar-refractivity contribution in [1.82, 2.24) is 0 Å². The van der Waals surface area contributed by atoms with Gasteiger partial charge in [-0.15, -0.1) is 0 Å². The van der Waals surface area contributed by atoms with Crippen molar-refractivity contribution in [3.8, 4) is 0 Å². The Morgan fingerprint density at radius 1 is 0.356 bits per heavy atom. The van der Waals surface area contributed by atoms with Gasteiger partial charge >= 0.3 is 17.9 Å². The van der Waals surface area contributed by atoms with E-state index in [4.69, 9.17) is 14.2 Å². The van der Waals surface area contributed by atoms with Gasteiger partial charge in [0, 0.05) is 19.3 Å². The van der Waals surface area contributed by atoms with Crippen molar-refractivity contribution < 1.29 is 28.6 Å². The van der Waals surface area contributed by atoms with Crippen LogP contribution >= 0.6 is 0 Å². The molecule has 0 bridgehead atoms. The molecule has 344 valence electrons. The maximum atomic E-state index is 12.7. The monoisotopic (exact) mass is 829 g/mol. The van der Waals surface area contributed by atoms with E-state index in [1.807, 2.05) is 0 Å². The van der Waals surface area contributed by atoms with E-state index in [0.29, 0.717) is 19.3 Å². The Hall–Kier alpha value is -2.37. The highest BCUT2D eigenvalue weighted by atomic mass is 16.6. The van der Waals surface area contributed by atoms with Crippen molar-refractivity contribution in [2.75, 3.05) is 13.2 Å². The Labute approximate surface area is 365 Å². The third kappa shape index (κ3) is 46.5. The minimum absolute atomic E-state index is 0.0758. The Bertz CT molecular complexity index is 1000. The number of hydrogen-bond donors (Lipinski definition) is 0. The number of carbonyl (C=O) groups excluding carboxylic acids is 3. The summed E-state index contributed by atoms with van der Waals surface area (Å²) in [5.41, 5.74) is 0. The molecule has 0 aliphatic rings. The predicted molar refractivity (Wildman–Crippen MR) is 252 cm³/mol. The van der Waals surface area contributed by atoms with Gasteiger partial charge in [0.25, 0.3) is 0 Å². The first kappa shape index (κ1) is 56.6. The number of esters is 3. The summed E-state index contributed by atoms with van der Waals surface area (Å²) >= 11 is 0. The van der Waals surface area contributed by atoms with Gasteiger partial charge in [-0.05, 0) is 51.4 Å². The second-order valence-corrected chi connectivity index (χ2v) is 17.1. The molecule has 0 rings (SSSR count). The van der Waals surface area contributed by atoms with Gasteiger partial charge in [0.2, 0.25) is 0 Å². The molecule has 1 atom stereocenters. The SMILES string of the molecule is CC/C=C\C/C=C\C/C=C\CCCCCCCC(=O)OC(COC(=O)CCCCCCCCC)COC(=O)CCCCCCCCCCCCCCCCCCCCC. The predicted octanol–water partition coefficient (Wildman–Crippen LogP) is 16.5. The van der Waals surface area contributed by atoms with Gasteiger partial charge in [0.1, 0.15) is 13.2 Å². The molecule has 0 saturated carbocycles. The lowest BCUT2D eigenvalue weighted by Crippen LogP contribution is -2.30. The number of carbonyl (C=O) groups is 3. The zero-order valence-corrected chi connectivity index (χ0v) is 39.3. The van der Waals surface area contributed by atoms with Crippen LogP contribution in [0.25, 0.3) is 0 Å². The zero-order chi connectivity index (χ0) is 43.0. The van der Waals surface area contributed by atoms with E-state index in [9.17, 15) is 14.4 Å². The van der Waals surface area contributed by atoms with Crippen LogP contribution in [0.3, 0.4) is 0 Å². The van der Waals surface area contributed by atoms with E-state index >= 15 is 0 Å².